The Bertz CT molecular complexity index is 569. The highest BCUT2D eigenvalue weighted by molar-refractivity contribution is 5.18. The van der Waals surface area contributed by atoms with Crippen LogP contribution in [0.25, 0.3) is 0 Å². The first kappa shape index (κ1) is 23.9. The van der Waals surface area contributed by atoms with Gasteiger partial charge in [0, 0.05) is 20.1 Å². The third kappa shape index (κ3) is 7.08. The Morgan fingerprint density at radius 3 is 2.11 bits per heavy atom. The van der Waals surface area contributed by atoms with E-state index in [1.54, 1.807) is 14.2 Å². The minimum absolute atomic E-state index is 0.346. The van der Waals surface area contributed by atoms with Crippen LogP contribution in [0.3, 0.4) is 0 Å². The molecule has 0 fully saturated rings. The van der Waals surface area contributed by atoms with Crippen molar-refractivity contribution in [1.82, 2.24) is 0 Å². The van der Waals surface area contributed by atoms with E-state index in [1.807, 2.05) is 0 Å². The summed E-state index contributed by atoms with van der Waals surface area (Å²) < 4.78 is 11.6. The van der Waals surface area contributed by atoms with Gasteiger partial charge in [-0.3, -0.25) is 0 Å². The Hall–Kier alpha value is -1.12. The number of hydrogen-bond donors (Lipinski definition) is 0. The standard InChI is InChI=1S/C25H42O2/c1-19(2)11-9-12-20(3)13-10-14-21(4)15-17-24-18-16-22(5)25(26-7,27-8)23(24)6/h11,13,15-16,23-24H,9-10,12,14,17-18H2,1-8H3/b20-13+,21-15+. The zero-order valence-corrected chi connectivity index (χ0v) is 19.0. The lowest BCUT2D eigenvalue weighted by Crippen LogP contribution is -2.47. The van der Waals surface area contributed by atoms with Crippen LogP contribution in [0.4, 0.5) is 0 Å². The van der Waals surface area contributed by atoms with E-state index in [2.05, 4.69) is 65.8 Å². The molecular weight excluding hydrogens is 332 g/mol. The zero-order chi connectivity index (χ0) is 20.4. The molecule has 0 N–H and O–H groups in total. The van der Waals surface area contributed by atoms with Crippen molar-refractivity contribution in [1.29, 1.82) is 0 Å². The molecule has 1 aliphatic carbocycles. The van der Waals surface area contributed by atoms with Gasteiger partial charge in [0.05, 0.1) is 0 Å². The molecule has 2 nitrogen and oxygen atoms in total. The van der Waals surface area contributed by atoms with Gasteiger partial charge in [-0.05, 0) is 84.6 Å². The monoisotopic (exact) mass is 374 g/mol. The van der Waals surface area contributed by atoms with Crippen LogP contribution in [-0.2, 0) is 9.47 Å². The second-order valence-electron chi connectivity index (χ2n) is 8.44. The van der Waals surface area contributed by atoms with Crippen molar-refractivity contribution in [2.45, 2.75) is 85.9 Å². The SMILES string of the molecule is COC1(OC)C(C)=CCC(C/C=C(\C)CC/C=C(\C)CCC=C(C)C)C1C. The highest BCUT2D eigenvalue weighted by atomic mass is 16.7. The summed E-state index contributed by atoms with van der Waals surface area (Å²) in [6.07, 6.45) is 16.3. The van der Waals surface area contributed by atoms with E-state index in [0.29, 0.717) is 11.8 Å². The molecule has 0 heterocycles. The highest BCUT2D eigenvalue weighted by Crippen LogP contribution is 2.42. The van der Waals surface area contributed by atoms with Crippen molar-refractivity contribution >= 4 is 0 Å². The molecule has 2 heteroatoms. The van der Waals surface area contributed by atoms with Crippen LogP contribution in [-0.4, -0.2) is 20.0 Å². The highest BCUT2D eigenvalue weighted by Gasteiger charge is 2.44. The van der Waals surface area contributed by atoms with Gasteiger partial charge >= 0.3 is 0 Å². The number of hydrogen-bond acceptors (Lipinski definition) is 2. The number of methoxy groups -OCH3 is 2. The molecule has 0 aromatic heterocycles. The molecule has 2 unspecified atom stereocenters. The van der Waals surface area contributed by atoms with Crippen LogP contribution in [0.1, 0.15) is 80.1 Å². The minimum atomic E-state index is -0.560. The number of ether oxygens (including phenoxy) is 2. The number of allylic oxidation sites excluding steroid dienone is 7. The first-order chi connectivity index (χ1) is 12.8. The van der Waals surface area contributed by atoms with Crippen molar-refractivity contribution in [2.75, 3.05) is 14.2 Å². The van der Waals surface area contributed by atoms with E-state index in [9.17, 15) is 0 Å². The predicted octanol–water partition coefficient (Wildman–Crippen LogP) is 7.39. The van der Waals surface area contributed by atoms with Gasteiger partial charge in [0.2, 0.25) is 0 Å². The Labute approximate surface area is 168 Å². The largest absolute Gasteiger partial charge is 0.349 e. The van der Waals surface area contributed by atoms with Crippen molar-refractivity contribution in [3.63, 3.8) is 0 Å². The van der Waals surface area contributed by atoms with Crippen molar-refractivity contribution in [3.8, 4) is 0 Å². The Morgan fingerprint density at radius 1 is 1.00 bits per heavy atom. The van der Waals surface area contributed by atoms with E-state index in [1.165, 1.54) is 28.7 Å². The Morgan fingerprint density at radius 2 is 1.56 bits per heavy atom. The van der Waals surface area contributed by atoms with Crippen LogP contribution in [0.2, 0.25) is 0 Å². The van der Waals surface area contributed by atoms with E-state index in [-0.39, 0.29) is 0 Å². The molecule has 0 saturated carbocycles. The molecule has 2 atom stereocenters. The second-order valence-corrected chi connectivity index (χ2v) is 8.44. The summed E-state index contributed by atoms with van der Waals surface area (Å²) in [6.45, 7) is 13.2. The summed E-state index contributed by atoms with van der Waals surface area (Å²) >= 11 is 0. The summed E-state index contributed by atoms with van der Waals surface area (Å²) in [7, 11) is 3.51. The third-order valence-corrected chi connectivity index (χ3v) is 6.08. The van der Waals surface area contributed by atoms with Gasteiger partial charge in [-0.25, -0.2) is 0 Å². The van der Waals surface area contributed by atoms with Crippen LogP contribution >= 0.6 is 0 Å². The van der Waals surface area contributed by atoms with Gasteiger partial charge in [-0.2, -0.15) is 0 Å². The molecule has 0 amide bonds. The van der Waals surface area contributed by atoms with E-state index < -0.39 is 5.79 Å². The second kappa shape index (κ2) is 11.7. The maximum absolute atomic E-state index is 5.80. The van der Waals surface area contributed by atoms with Crippen molar-refractivity contribution < 1.29 is 9.47 Å². The lowest BCUT2D eigenvalue weighted by Gasteiger charge is -2.44. The van der Waals surface area contributed by atoms with E-state index in [0.717, 1.165) is 32.1 Å². The molecule has 0 aromatic carbocycles. The van der Waals surface area contributed by atoms with Gasteiger partial charge in [0.25, 0.3) is 0 Å². The van der Waals surface area contributed by atoms with Gasteiger partial charge in [-0.15, -0.1) is 0 Å². The molecule has 0 aromatic rings. The fourth-order valence-electron chi connectivity index (χ4n) is 4.11. The van der Waals surface area contributed by atoms with Gasteiger partial charge in [-0.1, -0.05) is 47.9 Å². The fourth-order valence-corrected chi connectivity index (χ4v) is 4.11. The molecule has 0 radical (unpaired) electrons. The zero-order valence-electron chi connectivity index (χ0n) is 19.0. The molecular formula is C25H42O2. The first-order valence-corrected chi connectivity index (χ1v) is 10.5. The topological polar surface area (TPSA) is 18.5 Å². The predicted molar refractivity (Wildman–Crippen MR) is 118 cm³/mol. The summed E-state index contributed by atoms with van der Waals surface area (Å²) in [5, 5.41) is 0. The molecule has 154 valence electrons. The van der Waals surface area contributed by atoms with Crippen LogP contribution in [0, 0.1) is 11.8 Å². The average molecular weight is 375 g/mol. The van der Waals surface area contributed by atoms with Crippen LogP contribution in [0.15, 0.2) is 46.6 Å². The van der Waals surface area contributed by atoms with Crippen molar-refractivity contribution in [3.05, 3.63) is 46.6 Å². The van der Waals surface area contributed by atoms with Crippen molar-refractivity contribution in [2.24, 2.45) is 11.8 Å². The quantitative estimate of drug-likeness (QED) is 0.293. The lowest BCUT2D eigenvalue weighted by molar-refractivity contribution is -0.222. The minimum Gasteiger partial charge on any atom is -0.349 e. The molecule has 0 aliphatic heterocycles. The summed E-state index contributed by atoms with van der Waals surface area (Å²) in [6, 6.07) is 0. The molecule has 0 spiro atoms. The maximum atomic E-state index is 5.80. The van der Waals surface area contributed by atoms with E-state index in [4.69, 9.17) is 9.47 Å². The normalized spacial score (nSPS) is 23.2. The molecule has 1 rings (SSSR count). The van der Waals surface area contributed by atoms with E-state index >= 15 is 0 Å². The maximum Gasteiger partial charge on any atom is 0.192 e. The third-order valence-electron chi connectivity index (χ3n) is 6.08. The first-order valence-electron chi connectivity index (χ1n) is 10.5. The van der Waals surface area contributed by atoms with Gasteiger partial charge < -0.3 is 9.47 Å². The van der Waals surface area contributed by atoms with Gasteiger partial charge in [0.1, 0.15) is 0 Å². The lowest BCUT2D eigenvalue weighted by atomic mass is 9.74. The summed E-state index contributed by atoms with van der Waals surface area (Å²) in [5.41, 5.74) is 5.61. The van der Waals surface area contributed by atoms with Crippen LogP contribution < -0.4 is 0 Å². The molecule has 0 bridgehead atoms. The van der Waals surface area contributed by atoms with Gasteiger partial charge in [0.15, 0.2) is 5.79 Å². The molecule has 27 heavy (non-hydrogen) atoms. The Kier molecular flexibility index (Phi) is 10.3. The smallest absolute Gasteiger partial charge is 0.192 e. The number of rotatable bonds is 10. The summed E-state index contributed by atoms with van der Waals surface area (Å²) in [4.78, 5) is 0. The van der Waals surface area contributed by atoms with Crippen LogP contribution in [0.5, 0.6) is 0 Å². The fraction of sp³-hybridized carbons (Fsp3) is 0.680. The summed E-state index contributed by atoms with van der Waals surface area (Å²) in [5.74, 6) is 0.346. The molecule has 0 saturated heterocycles. The average Bonchev–Trinajstić information content (AvgIpc) is 2.62. The molecule has 1 aliphatic rings. The Balaban J connectivity index is 2.53.